The molecule has 0 rings (SSSR count). The maximum absolute atomic E-state index is 12.2. The van der Waals surface area contributed by atoms with Crippen LogP contribution in [0.1, 0.15) is 53.9 Å². The van der Waals surface area contributed by atoms with Gasteiger partial charge in [0.05, 0.1) is 31.8 Å². The van der Waals surface area contributed by atoms with Crippen molar-refractivity contribution in [2.75, 3.05) is 33.7 Å². The second-order valence-corrected chi connectivity index (χ2v) is 6.75. The Kier molecular flexibility index (Phi) is 13.4. The molecular weight excluding hydrogens is 296 g/mol. The van der Waals surface area contributed by atoms with Crippen molar-refractivity contribution in [1.82, 2.24) is 0 Å². The van der Waals surface area contributed by atoms with Crippen molar-refractivity contribution in [3.63, 3.8) is 0 Å². The van der Waals surface area contributed by atoms with Gasteiger partial charge in [0.2, 0.25) is 0 Å². The van der Waals surface area contributed by atoms with E-state index in [0.717, 1.165) is 12.8 Å². The first kappa shape index (κ1) is 22.4. The standard InChI is InChI=1S/C18H36O5/c1-7-22-18(19)16(10-14(2)3)12-17(11-15(4)5)23-13-21-9-8-20-6/h14-17H,7-13H2,1-6H3/t16-,17+/m1/s1. The van der Waals surface area contributed by atoms with Gasteiger partial charge in [0, 0.05) is 7.11 Å². The molecule has 0 heterocycles. The summed E-state index contributed by atoms with van der Waals surface area (Å²) < 4.78 is 21.4. The van der Waals surface area contributed by atoms with Crippen molar-refractivity contribution in [3.05, 3.63) is 0 Å². The number of rotatable bonds is 14. The first-order valence-corrected chi connectivity index (χ1v) is 8.75. The summed E-state index contributed by atoms with van der Waals surface area (Å²) >= 11 is 0. The zero-order valence-corrected chi connectivity index (χ0v) is 15.8. The highest BCUT2D eigenvalue weighted by atomic mass is 16.7. The van der Waals surface area contributed by atoms with Crippen LogP contribution in [-0.4, -0.2) is 45.8 Å². The van der Waals surface area contributed by atoms with E-state index in [0.29, 0.717) is 38.1 Å². The van der Waals surface area contributed by atoms with Crippen molar-refractivity contribution in [2.45, 2.75) is 60.0 Å². The zero-order chi connectivity index (χ0) is 17.7. The lowest BCUT2D eigenvalue weighted by molar-refractivity contribution is -0.152. The lowest BCUT2D eigenvalue weighted by atomic mass is 9.89. The molecular formula is C18H36O5. The number of hydrogen-bond acceptors (Lipinski definition) is 5. The van der Waals surface area contributed by atoms with Crippen LogP contribution in [0, 0.1) is 17.8 Å². The molecule has 0 aliphatic carbocycles. The maximum atomic E-state index is 12.2. The Bertz CT molecular complexity index is 291. The monoisotopic (exact) mass is 332 g/mol. The Morgan fingerprint density at radius 1 is 0.957 bits per heavy atom. The summed E-state index contributed by atoms with van der Waals surface area (Å²) in [4.78, 5) is 12.2. The summed E-state index contributed by atoms with van der Waals surface area (Å²) in [5.74, 6) is 0.722. The van der Waals surface area contributed by atoms with E-state index in [1.54, 1.807) is 7.11 Å². The topological polar surface area (TPSA) is 54.0 Å². The number of carbonyl (C=O) groups excluding carboxylic acids is 1. The van der Waals surface area contributed by atoms with E-state index in [4.69, 9.17) is 18.9 Å². The average molecular weight is 332 g/mol. The van der Waals surface area contributed by atoms with Gasteiger partial charge in [-0.2, -0.15) is 0 Å². The quantitative estimate of drug-likeness (QED) is 0.276. The Hall–Kier alpha value is -0.650. The summed E-state index contributed by atoms with van der Waals surface area (Å²) in [6.45, 7) is 12.1. The fraction of sp³-hybridized carbons (Fsp3) is 0.944. The van der Waals surface area contributed by atoms with Gasteiger partial charge in [0.15, 0.2) is 0 Å². The van der Waals surface area contributed by atoms with Crippen LogP contribution in [0.4, 0.5) is 0 Å². The van der Waals surface area contributed by atoms with Gasteiger partial charge in [-0.1, -0.05) is 27.7 Å². The third kappa shape index (κ3) is 12.4. The van der Waals surface area contributed by atoms with Crippen molar-refractivity contribution in [3.8, 4) is 0 Å². The SMILES string of the molecule is CCOC(=O)[C@H](CC(C)C)C[C@H](CC(C)C)OCOCCOC. The smallest absolute Gasteiger partial charge is 0.309 e. The van der Waals surface area contributed by atoms with Crippen LogP contribution in [0.3, 0.4) is 0 Å². The van der Waals surface area contributed by atoms with Crippen LogP contribution in [0.15, 0.2) is 0 Å². The highest BCUT2D eigenvalue weighted by molar-refractivity contribution is 5.72. The van der Waals surface area contributed by atoms with Gasteiger partial charge in [-0.05, 0) is 38.0 Å². The molecule has 5 heteroatoms. The Morgan fingerprint density at radius 2 is 1.61 bits per heavy atom. The molecule has 0 fully saturated rings. The van der Waals surface area contributed by atoms with Crippen molar-refractivity contribution in [1.29, 1.82) is 0 Å². The molecule has 0 spiro atoms. The van der Waals surface area contributed by atoms with E-state index in [2.05, 4.69) is 27.7 Å². The van der Waals surface area contributed by atoms with Crippen LogP contribution >= 0.6 is 0 Å². The minimum atomic E-state index is -0.113. The number of esters is 1. The predicted octanol–water partition coefficient (Wildman–Crippen LogP) is 3.65. The first-order chi connectivity index (χ1) is 10.9. The number of carbonyl (C=O) groups is 1. The largest absolute Gasteiger partial charge is 0.466 e. The molecule has 2 atom stereocenters. The number of methoxy groups -OCH3 is 1. The van der Waals surface area contributed by atoms with Crippen LogP contribution in [0.25, 0.3) is 0 Å². The molecule has 0 aliphatic heterocycles. The van der Waals surface area contributed by atoms with E-state index < -0.39 is 0 Å². The molecule has 0 bridgehead atoms. The predicted molar refractivity (Wildman–Crippen MR) is 91.2 cm³/mol. The molecule has 0 saturated heterocycles. The Labute approximate surface area is 142 Å². The fourth-order valence-corrected chi connectivity index (χ4v) is 2.54. The van der Waals surface area contributed by atoms with Gasteiger partial charge < -0.3 is 18.9 Å². The van der Waals surface area contributed by atoms with E-state index in [1.165, 1.54) is 0 Å². The van der Waals surface area contributed by atoms with Gasteiger partial charge in [0.1, 0.15) is 6.79 Å². The molecule has 138 valence electrons. The summed E-state index contributed by atoms with van der Waals surface area (Å²) in [6, 6.07) is 0. The second kappa shape index (κ2) is 13.8. The minimum absolute atomic E-state index is 0.00528. The van der Waals surface area contributed by atoms with Crippen LogP contribution in [-0.2, 0) is 23.7 Å². The number of hydrogen-bond donors (Lipinski definition) is 0. The summed E-state index contributed by atoms with van der Waals surface area (Å²) in [5.41, 5.74) is 0. The fourth-order valence-electron chi connectivity index (χ4n) is 2.54. The Morgan fingerprint density at radius 3 is 2.13 bits per heavy atom. The highest BCUT2D eigenvalue weighted by Crippen LogP contribution is 2.23. The van der Waals surface area contributed by atoms with E-state index in [-0.39, 0.29) is 24.8 Å². The molecule has 0 unspecified atom stereocenters. The van der Waals surface area contributed by atoms with Crippen LogP contribution in [0.5, 0.6) is 0 Å². The molecule has 0 aliphatic rings. The van der Waals surface area contributed by atoms with Gasteiger partial charge in [-0.3, -0.25) is 4.79 Å². The third-order valence-corrected chi connectivity index (χ3v) is 3.48. The highest BCUT2D eigenvalue weighted by Gasteiger charge is 2.26. The molecule has 0 radical (unpaired) electrons. The van der Waals surface area contributed by atoms with Gasteiger partial charge in [-0.15, -0.1) is 0 Å². The summed E-state index contributed by atoms with van der Waals surface area (Å²) in [7, 11) is 1.64. The van der Waals surface area contributed by atoms with Crippen LogP contribution in [0.2, 0.25) is 0 Å². The normalized spacial score (nSPS) is 14.3. The van der Waals surface area contributed by atoms with E-state index >= 15 is 0 Å². The molecule has 0 aromatic heterocycles. The molecule has 0 saturated carbocycles. The molecule has 0 aromatic rings. The summed E-state index contributed by atoms with van der Waals surface area (Å²) in [6.07, 6.45) is 2.41. The minimum Gasteiger partial charge on any atom is -0.466 e. The second-order valence-electron chi connectivity index (χ2n) is 6.75. The summed E-state index contributed by atoms with van der Waals surface area (Å²) in [5, 5.41) is 0. The molecule has 23 heavy (non-hydrogen) atoms. The lowest BCUT2D eigenvalue weighted by Crippen LogP contribution is -2.28. The van der Waals surface area contributed by atoms with Crippen molar-refractivity contribution >= 4 is 5.97 Å². The van der Waals surface area contributed by atoms with Crippen LogP contribution < -0.4 is 0 Å². The van der Waals surface area contributed by atoms with Gasteiger partial charge in [0.25, 0.3) is 0 Å². The average Bonchev–Trinajstić information content (AvgIpc) is 2.45. The lowest BCUT2D eigenvalue weighted by Gasteiger charge is -2.25. The number of ether oxygens (including phenoxy) is 4. The Balaban J connectivity index is 4.54. The zero-order valence-electron chi connectivity index (χ0n) is 15.8. The van der Waals surface area contributed by atoms with Gasteiger partial charge >= 0.3 is 5.97 Å². The van der Waals surface area contributed by atoms with E-state index in [1.807, 2.05) is 6.92 Å². The first-order valence-electron chi connectivity index (χ1n) is 8.75. The molecule has 5 nitrogen and oxygen atoms in total. The molecule has 0 N–H and O–H groups in total. The maximum Gasteiger partial charge on any atom is 0.309 e. The molecule has 0 amide bonds. The molecule has 0 aromatic carbocycles. The van der Waals surface area contributed by atoms with Crippen molar-refractivity contribution in [2.24, 2.45) is 17.8 Å². The van der Waals surface area contributed by atoms with E-state index in [9.17, 15) is 4.79 Å². The van der Waals surface area contributed by atoms with Crippen molar-refractivity contribution < 1.29 is 23.7 Å². The van der Waals surface area contributed by atoms with Gasteiger partial charge in [-0.25, -0.2) is 0 Å². The third-order valence-electron chi connectivity index (χ3n) is 3.48.